The molecule has 0 N–H and O–H groups in total. The fourth-order valence-electron chi connectivity index (χ4n) is 2.59. The Morgan fingerprint density at radius 2 is 1.90 bits per heavy atom. The summed E-state index contributed by atoms with van der Waals surface area (Å²) >= 11 is 0. The number of carbonyl (C=O) groups is 2. The van der Waals surface area contributed by atoms with Gasteiger partial charge in [-0.1, -0.05) is 6.07 Å². The van der Waals surface area contributed by atoms with Crippen molar-refractivity contribution in [2.75, 3.05) is 31.6 Å². The van der Waals surface area contributed by atoms with Gasteiger partial charge in [0.25, 0.3) is 0 Å². The molecule has 1 fully saturated rings. The molecule has 2 amide bonds. The van der Waals surface area contributed by atoms with Crippen LogP contribution in [0.1, 0.15) is 25.3 Å². The Labute approximate surface area is 125 Å². The lowest BCUT2D eigenvalue weighted by molar-refractivity contribution is -0.138. The number of likely N-dealkylation sites (tertiary alicyclic amines) is 1. The number of hydrogen-bond donors (Lipinski definition) is 0. The molecule has 1 aromatic carbocycles. The van der Waals surface area contributed by atoms with Crippen LogP contribution in [0.2, 0.25) is 0 Å². The summed E-state index contributed by atoms with van der Waals surface area (Å²) in [7, 11) is 1.65. The molecule has 0 atom stereocenters. The van der Waals surface area contributed by atoms with E-state index in [1.807, 2.05) is 19.1 Å². The van der Waals surface area contributed by atoms with Crippen molar-refractivity contribution in [3.8, 4) is 5.75 Å². The van der Waals surface area contributed by atoms with Crippen molar-refractivity contribution in [2.24, 2.45) is 0 Å². The van der Waals surface area contributed by atoms with Crippen LogP contribution in [0, 0.1) is 6.92 Å². The molecule has 0 aliphatic carbocycles. The fourth-order valence-corrected chi connectivity index (χ4v) is 2.59. The highest BCUT2D eigenvalue weighted by Gasteiger charge is 2.28. The number of carbonyl (C=O) groups excluding carboxylic acids is 2. The van der Waals surface area contributed by atoms with Crippen molar-refractivity contribution in [2.45, 2.75) is 26.7 Å². The number of rotatable bonds is 6. The van der Waals surface area contributed by atoms with Crippen molar-refractivity contribution >= 4 is 17.5 Å². The van der Waals surface area contributed by atoms with Crippen molar-refractivity contribution < 1.29 is 14.3 Å². The van der Waals surface area contributed by atoms with Crippen LogP contribution in [0.5, 0.6) is 5.75 Å². The minimum absolute atomic E-state index is 0.0627. The molecular formula is C16H22N2O3. The highest BCUT2D eigenvalue weighted by molar-refractivity contribution is 6.01. The molecule has 0 aromatic heterocycles. The summed E-state index contributed by atoms with van der Waals surface area (Å²) in [5.74, 6) is 0.682. The maximum Gasteiger partial charge on any atom is 0.229 e. The lowest BCUT2D eigenvalue weighted by atomic mass is 10.2. The first kappa shape index (κ1) is 15.4. The third-order valence-corrected chi connectivity index (χ3v) is 3.81. The van der Waals surface area contributed by atoms with E-state index in [4.69, 9.17) is 4.74 Å². The van der Waals surface area contributed by atoms with Crippen LogP contribution in [0.3, 0.4) is 0 Å². The topological polar surface area (TPSA) is 49.9 Å². The monoisotopic (exact) mass is 290 g/mol. The first-order valence-corrected chi connectivity index (χ1v) is 7.29. The average molecular weight is 290 g/mol. The number of imide groups is 1. The van der Waals surface area contributed by atoms with Gasteiger partial charge in [0.1, 0.15) is 5.75 Å². The van der Waals surface area contributed by atoms with Gasteiger partial charge in [-0.15, -0.1) is 0 Å². The van der Waals surface area contributed by atoms with E-state index < -0.39 is 0 Å². The normalized spacial score (nSPS) is 14.7. The molecule has 2 rings (SSSR count). The number of nitrogens with zero attached hydrogens (tertiary/aromatic N) is 2. The molecule has 1 saturated heterocycles. The van der Waals surface area contributed by atoms with Gasteiger partial charge in [0.15, 0.2) is 0 Å². The van der Waals surface area contributed by atoms with Crippen molar-refractivity contribution in [3.63, 3.8) is 0 Å². The fraction of sp³-hybridized carbons (Fsp3) is 0.500. The molecule has 1 aliphatic heterocycles. The van der Waals surface area contributed by atoms with Gasteiger partial charge in [-0.2, -0.15) is 0 Å². The predicted molar refractivity (Wildman–Crippen MR) is 81.6 cm³/mol. The van der Waals surface area contributed by atoms with Gasteiger partial charge in [-0.25, -0.2) is 0 Å². The summed E-state index contributed by atoms with van der Waals surface area (Å²) in [4.78, 5) is 26.8. The summed E-state index contributed by atoms with van der Waals surface area (Å²) < 4.78 is 5.41. The van der Waals surface area contributed by atoms with E-state index in [0.29, 0.717) is 25.9 Å². The van der Waals surface area contributed by atoms with Crippen LogP contribution >= 0.6 is 0 Å². The molecular weight excluding hydrogens is 268 g/mol. The standard InChI is InChI=1S/C16H22N2O3/c1-4-17(9-10-18-15(19)7-8-16(18)20)13-11-12(2)5-6-14(13)21-3/h5-6,11H,4,7-10H2,1-3H3. The van der Waals surface area contributed by atoms with Gasteiger partial charge in [0.05, 0.1) is 12.8 Å². The first-order chi connectivity index (χ1) is 10.1. The lowest BCUT2D eigenvalue weighted by Gasteiger charge is -2.27. The van der Waals surface area contributed by atoms with E-state index in [-0.39, 0.29) is 11.8 Å². The number of ether oxygens (including phenoxy) is 1. The van der Waals surface area contributed by atoms with Crippen molar-refractivity contribution in [3.05, 3.63) is 23.8 Å². The van der Waals surface area contributed by atoms with E-state index in [2.05, 4.69) is 17.9 Å². The van der Waals surface area contributed by atoms with Gasteiger partial charge in [0, 0.05) is 32.5 Å². The number of hydrogen-bond acceptors (Lipinski definition) is 4. The molecule has 1 aromatic rings. The van der Waals surface area contributed by atoms with Gasteiger partial charge >= 0.3 is 0 Å². The molecule has 0 bridgehead atoms. The minimum atomic E-state index is -0.0627. The maximum atomic E-state index is 11.7. The average Bonchev–Trinajstić information content (AvgIpc) is 2.79. The molecule has 21 heavy (non-hydrogen) atoms. The second-order valence-corrected chi connectivity index (χ2v) is 5.19. The third kappa shape index (κ3) is 3.35. The lowest BCUT2D eigenvalue weighted by Crippen LogP contribution is -2.38. The Kier molecular flexibility index (Phi) is 4.83. The van der Waals surface area contributed by atoms with Crippen LogP contribution < -0.4 is 9.64 Å². The summed E-state index contributed by atoms with van der Waals surface area (Å²) in [6.07, 6.45) is 0.692. The minimum Gasteiger partial charge on any atom is -0.495 e. The van der Waals surface area contributed by atoms with Crippen molar-refractivity contribution in [1.29, 1.82) is 0 Å². The molecule has 1 heterocycles. The molecule has 1 aliphatic rings. The molecule has 5 nitrogen and oxygen atoms in total. The first-order valence-electron chi connectivity index (χ1n) is 7.29. The molecule has 0 unspecified atom stereocenters. The molecule has 0 radical (unpaired) electrons. The SMILES string of the molecule is CCN(CCN1C(=O)CCC1=O)c1cc(C)ccc1OC. The van der Waals surface area contributed by atoms with Crippen LogP contribution in [-0.4, -0.2) is 43.5 Å². The maximum absolute atomic E-state index is 11.7. The molecule has 0 saturated carbocycles. The van der Waals surface area contributed by atoms with E-state index in [1.54, 1.807) is 7.11 Å². The summed E-state index contributed by atoms with van der Waals surface area (Å²) in [6, 6.07) is 6.01. The second-order valence-electron chi connectivity index (χ2n) is 5.19. The zero-order chi connectivity index (χ0) is 15.4. The van der Waals surface area contributed by atoms with Crippen LogP contribution in [0.25, 0.3) is 0 Å². The summed E-state index contributed by atoms with van der Waals surface area (Å²) in [5.41, 5.74) is 2.15. The Morgan fingerprint density at radius 1 is 1.24 bits per heavy atom. The Balaban J connectivity index is 2.11. The van der Waals surface area contributed by atoms with E-state index in [9.17, 15) is 9.59 Å². The number of anilines is 1. The molecule has 0 spiro atoms. The van der Waals surface area contributed by atoms with Crippen LogP contribution in [0.15, 0.2) is 18.2 Å². The van der Waals surface area contributed by atoms with E-state index >= 15 is 0 Å². The van der Waals surface area contributed by atoms with Gasteiger partial charge in [-0.05, 0) is 31.5 Å². The van der Waals surface area contributed by atoms with Gasteiger partial charge < -0.3 is 9.64 Å². The summed E-state index contributed by atoms with van der Waals surface area (Å²) in [6.45, 7) is 5.92. The van der Waals surface area contributed by atoms with Crippen LogP contribution in [0.4, 0.5) is 5.69 Å². The number of likely N-dealkylation sites (N-methyl/N-ethyl adjacent to an activating group) is 1. The van der Waals surface area contributed by atoms with Gasteiger partial charge in [0.2, 0.25) is 11.8 Å². The van der Waals surface area contributed by atoms with Crippen molar-refractivity contribution in [1.82, 2.24) is 4.90 Å². The highest BCUT2D eigenvalue weighted by Crippen LogP contribution is 2.29. The Hall–Kier alpha value is -2.04. The van der Waals surface area contributed by atoms with Crippen LogP contribution in [-0.2, 0) is 9.59 Å². The number of aryl methyl sites for hydroxylation is 1. The quantitative estimate of drug-likeness (QED) is 0.752. The summed E-state index contributed by atoms with van der Waals surface area (Å²) in [5, 5.41) is 0. The van der Waals surface area contributed by atoms with Gasteiger partial charge in [-0.3, -0.25) is 14.5 Å². The molecule has 114 valence electrons. The second kappa shape index (κ2) is 6.61. The highest BCUT2D eigenvalue weighted by atomic mass is 16.5. The Bertz CT molecular complexity index is 526. The number of benzene rings is 1. The van der Waals surface area contributed by atoms with E-state index in [1.165, 1.54) is 4.90 Å². The largest absolute Gasteiger partial charge is 0.495 e. The number of amides is 2. The van der Waals surface area contributed by atoms with E-state index in [0.717, 1.165) is 23.5 Å². The number of methoxy groups -OCH3 is 1. The zero-order valence-electron chi connectivity index (χ0n) is 12.9. The molecule has 5 heteroatoms. The smallest absolute Gasteiger partial charge is 0.229 e. The predicted octanol–water partition coefficient (Wildman–Crippen LogP) is 1.98. The third-order valence-electron chi connectivity index (χ3n) is 3.81. The Morgan fingerprint density at radius 3 is 2.48 bits per heavy atom. The zero-order valence-corrected chi connectivity index (χ0v) is 12.9.